The maximum atomic E-state index is 8.67. The van der Waals surface area contributed by atoms with Gasteiger partial charge in [0.1, 0.15) is 0 Å². The Morgan fingerprint density at radius 2 is 1.80 bits per heavy atom. The maximum Gasteiger partial charge on any atom is 0.0555 e. The van der Waals surface area contributed by atoms with Gasteiger partial charge in [0.05, 0.1) is 6.61 Å². The van der Waals surface area contributed by atoms with Crippen molar-refractivity contribution in [3.63, 3.8) is 0 Å². The van der Waals surface area contributed by atoms with Crippen molar-refractivity contribution in [2.75, 3.05) is 19.7 Å². The molecule has 0 atom stereocenters. The van der Waals surface area contributed by atoms with Crippen molar-refractivity contribution in [3.8, 4) is 0 Å². The van der Waals surface area contributed by atoms with Crippen molar-refractivity contribution >= 4 is 0 Å². The zero-order chi connectivity index (χ0) is 10.9. The molecule has 1 saturated carbocycles. The lowest BCUT2D eigenvalue weighted by Gasteiger charge is -2.28. The predicted octanol–water partition coefficient (Wildman–Crippen LogP) is 2.56. The van der Waals surface area contributed by atoms with Crippen LogP contribution < -0.4 is 5.32 Å². The molecule has 1 aliphatic carbocycles. The van der Waals surface area contributed by atoms with E-state index in [-0.39, 0.29) is 6.61 Å². The molecule has 0 heterocycles. The first-order chi connectivity index (χ1) is 7.36. The number of nitrogens with one attached hydrogen (secondary N) is 1. The van der Waals surface area contributed by atoms with E-state index in [0.717, 1.165) is 24.9 Å². The van der Waals surface area contributed by atoms with Crippen LogP contribution >= 0.6 is 0 Å². The summed E-state index contributed by atoms with van der Waals surface area (Å²) in [6.45, 7) is 4.42. The summed E-state index contributed by atoms with van der Waals surface area (Å²) in [5.41, 5.74) is 0. The van der Waals surface area contributed by atoms with Crippen molar-refractivity contribution in [3.05, 3.63) is 0 Å². The lowest BCUT2D eigenvalue weighted by atomic mass is 9.80. The van der Waals surface area contributed by atoms with Crippen LogP contribution in [0.3, 0.4) is 0 Å². The van der Waals surface area contributed by atoms with Gasteiger partial charge in [0.25, 0.3) is 0 Å². The molecule has 15 heavy (non-hydrogen) atoms. The average Bonchev–Trinajstić information content (AvgIpc) is 2.28. The van der Waals surface area contributed by atoms with Crippen LogP contribution in [0.5, 0.6) is 0 Å². The smallest absolute Gasteiger partial charge is 0.0555 e. The summed E-state index contributed by atoms with van der Waals surface area (Å²) in [7, 11) is 0. The molecule has 2 nitrogen and oxygen atoms in total. The molecule has 90 valence electrons. The number of hydrogen-bond donors (Lipinski definition) is 2. The van der Waals surface area contributed by atoms with Crippen LogP contribution in [0.4, 0.5) is 0 Å². The highest BCUT2D eigenvalue weighted by Crippen LogP contribution is 2.31. The minimum Gasteiger partial charge on any atom is -0.395 e. The molecular weight excluding hydrogens is 186 g/mol. The molecule has 0 amide bonds. The summed E-state index contributed by atoms with van der Waals surface area (Å²) in [5, 5.41) is 12.0. The van der Waals surface area contributed by atoms with E-state index in [9.17, 15) is 0 Å². The molecular formula is C13H27NO. The first kappa shape index (κ1) is 13.0. The first-order valence-electron chi connectivity index (χ1n) is 6.68. The highest BCUT2D eigenvalue weighted by molar-refractivity contribution is 4.73. The molecule has 0 radical (unpaired) electrons. The Hall–Kier alpha value is -0.0800. The van der Waals surface area contributed by atoms with Gasteiger partial charge in [-0.25, -0.2) is 0 Å². The first-order valence-corrected chi connectivity index (χ1v) is 6.68. The molecule has 0 aliphatic heterocycles. The van der Waals surface area contributed by atoms with Gasteiger partial charge in [-0.1, -0.05) is 39.0 Å². The van der Waals surface area contributed by atoms with Crippen LogP contribution in [0.2, 0.25) is 0 Å². The fourth-order valence-electron chi connectivity index (χ4n) is 2.60. The summed E-state index contributed by atoms with van der Waals surface area (Å²) in [6, 6.07) is 0. The van der Waals surface area contributed by atoms with E-state index >= 15 is 0 Å². The number of unbranched alkanes of at least 4 members (excludes halogenated alkanes) is 1. The number of rotatable bonds is 7. The largest absolute Gasteiger partial charge is 0.395 e. The molecule has 0 aromatic rings. The van der Waals surface area contributed by atoms with Gasteiger partial charge in [0, 0.05) is 6.54 Å². The number of aliphatic hydroxyl groups is 1. The molecule has 2 heteroatoms. The second-order valence-electron chi connectivity index (χ2n) is 4.96. The van der Waals surface area contributed by atoms with E-state index in [0.29, 0.717) is 0 Å². The average molecular weight is 213 g/mol. The fraction of sp³-hybridized carbons (Fsp3) is 1.00. The second kappa shape index (κ2) is 8.12. The monoisotopic (exact) mass is 213 g/mol. The van der Waals surface area contributed by atoms with E-state index in [4.69, 9.17) is 5.11 Å². The molecule has 0 saturated heterocycles. The topological polar surface area (TPSA) is 32.3 Å². The number of aliphatic hydroxyl groups excluding tert-OH is 1. The Balaban J connectivity index is 2.02. The molecule has 1 aliphatic rings. The fourth-order valence-corrected chi connectivity index (χ4v) is 2.60. The Labute approximate surface area is 94.5 Å². The highest BCUT2D eigenvalue weighted by atomic mass is 16.3. The van der Waals surface area contributed by atoms with E-state index in [1.165, 1.54) is 44.9 Å². The molecule has 0 aromatic carbocycles. The lowest BCUT2D eigenvalue weighted by molar-refractivity contribution is 0.243. The van der Waals surface area contributed by atoms with Crippen LogP contribution in [0, 0.1) is 11.8 Å². The minimum absolute atomic E-state index is 0.270. The van der Waals surface area contributed by atoms with Crippen LogP contribution in [0.1, 0.15) is 51.9 Å². The van der Waals surface area contributed by atoms with E-state index in [2.05, 4.69) is 12.2 Å². The summed E-state index contributed by atoms with van der Waals surface area (Å²) < 4.78 is 0. The van der Waals surface area contributed by atoms with Crippen molar-refractivity contribution in [1.82, 2.24) is 5.32 Å². The van der Waals surface area contributed by atoms with E-state index in [1.807, 2.05) is 0 Å². The SMILES string of the molecule is CCCCC1CCC(CNCCO)CC1. The molecule has 1 fully saturated rings. The third-order valence-corrected chi connectivity index (χ3v) is 3.65. The molecule has 1 rings (SSSR count). The van der Waals surface area contributed by atoms with Crippen molar-refractivity contribution in [2.24, 2.45) is 11.8 Å². The van der Waals surface area contributed by atoms with Crippen molar-refractivity contribution in [2.45, 2.75) is 51.9 Å². The van der Waals surface area contributed by atoms with Crippen LogP contribution in [-0.2, 0) is 0 Å². The van der Waals surface area contributed by atoms with Gasteiger partial charge in [-0.15, -0.1) is 0 Å². The van der Waals surface area contributed by atoms with Gasteiger partial charge >= 0.3 is 0 Å². The third-order valence-electron chi connectivity index (χ3n) is 3.65. The Kier molecular flexibility index (Phi) is 7.03. The van der Waals surface area contributed by atoms with Gasteiger partial charge in [-0.2, -0.15) is 0 Å². The van der Waals surface area contributed by atoms with Gasteiger partial charge in [-0.05, 0) is 31.2 Å². The Bertz CT molecular complexity index is 141. The van der Waals surface area contributed by atoms with Gasteiger partial charge < -0.3 is 10.4 Å². The van der Waals surface area contributed by atoms with Crippen molar-refractivity contribution < 1.29 is 5.11 Å². The Morgan fingerprint density at radius 1 is 1.13 bits per heavy atom. The van der Waals surface area contributed by atoms with Crippen LogP contribution in [0.25, 0.3) is 0 Å². The summed E-state index contributed by atoms with van der Waals surface area (Å²) >= 11 is 0. The third kappa shape index (κ3) is 5.53. The zero-order valence-electron chi connectivity index (χ0n) is 10.2. The van der Waals surface area contributed by atoms with Gasteiger partial charge in [0.2, 0.25) is 0 Å². The molecule has 0 unspecified atom stereocenters. The minimum atomic E-state index is 0.270. The molecule has 0 spiro atoms. The molecule has 0 bridgehead atoms. The zero-order valence-corrected chi connectivity index (χ0v) is 10.2. The van der Waals surface area contributed by atoms with Gasteiger partial charge in [-0.3, -0.25) is 0 Å². The van der Waals surface area contributed by atoms with Crippen LogP contribution in [0.15, 0.2) is 0 Å². The quantitative estimate of drug-likeness (QED) is 0.637. The number of hydrogen-bond acceptors (Lipinski definition) is 2. The predicted molar refractivity (Wildman–Crippen MR) is 64.9 cm³/mol. The normalized spacial score (nSPS) is 26.8. The van der Waals surface area contributed by atoms with E-state index in [1.54, 1.807) is 0 Å². The van der Waals surface area contributed by atoms with Gasteiger partial charge in [0.15, 0.2) is 0 Å². The highest BCUT2D eigenvalue weighted by Gasteiger charge is 2.20. The lowest BCUT2D eigenvalue weighted by Crippen LogP contribution is -2.28. The Morgan fingerprint density at radius 3 is 2.40 bits per heavy atom. The second-order valence-corrected chi connectivity index (χ2v) is 4.96. The summed E-state index contributed by atoms with van der Waals surface area (Å²) in [4.78, 5) is 0. The molecule has 2 N–H and O–H groups in total. The molecule has 0 aromatic heterocycles. The van der Waals surface area contributed by atoms with Crippen LogP contribution in [-0.4, -0.2) is 24.8 Å². The van der Waals surface area contributed by atoms with E-state index < -0.39 is 0 Å². The summed E-state index contributed by atoms with van der Waals surface area (Å²) in [6.07, 6.45) is 9.87. The maximum absolute atomic E-state index is 8.67. The standard InChI is InChI=1S/C13H27NO/c1-2-3-4-12-5-7-13(8-6-12)11-14-9-10-15/h12-15H,2-11H2,1H3. The summed E-state index contributed by atoms with van der Waals surface area (Å²) in [5.74, 6) is 1.88. The van der Waals surface area contributed by atoms with Crippen molar-refractivity contribution in [1.29, 1.82) is 0 Å².